The van der Waals surface area contributed by atoms with Gasteiger partial charge in [-0.3, -0.25) is 0 Å². The average molecular weight is 399 g/mol. The van der Waals surface area contributed by atoms with Crippen LogP contribution in [0.2, 0.25) is 0 Å². The van der Waals surface area contributed by atoms with Crippen LogP contribution in [-0.2, 0) is 12.0 Å². The SMILES string of the molecule is CCNC(=NCc1nc(C)c(C)o1)NCC1(c2ccc(OC)cc2)CCCCC1. The molecule has 0 bridgehead atoms. The molecule has 1 aliphatic rings. The van der Waals surface area contributed by atoms with Crippen molar-refractivity contribution in [2.45, 2.75) is 64.8 Å². The highest BCUT2D eigenvalue weighted by molar-refractivity contribution is 5.79. The van der Waals surface area contributed by atoms with Crippen molar-refractivity contribution in [2.75, 3.05) is 20.2 Å². The van der Waals surface area contributed by atoms with E-state index in [0.29, 0.717) is 12.4 Å². The van der Waals surface area contributed by atoms with Gasteiger partial charge in [-0.25, -0.2) is 9.98 Å². The topological polar surface area (TPSA) is 71.7 Å². The first kappa shape index (κ1) is 21.2. The number of benzene rings is 1. The number of hydrogen-bond donors (Lipinski definition) is 2. The lowest BCUT2D eigenvalue weighted by Crippen LogP contribution is -2.46. The van der Waals surface area contributed by atoms with Crippen LogP contribution in [0, 0.1) is 13.8 Å². The Balaban J connectivity index is 1.73. The molecule has 1 saturated carbocycles. The van der Waals surface area contributed by atoms with Gasteiger partial charge < -0.3 is 19.8 Å². The first-order chi connectivity index (χ1) is 14.1. The number of aryl methyl sites for hydroxylation is 2. The van der Waals surface area contributed by atoms with E-state index in [1.165, 1.54) is 37.7 Å². The highest BCUT2D eigenvalue weighted by atomic mass is 16.5. The third-order valence-corrected chi connectivity index (χ3v) is 5.90. The minimum Gasteiger partial charge on any atom is -0.497 e. The standard InChI is InChI=1S/C23H34N4O2/c1-5-24-22(25-15-21-27-17(2)18(3)29-21)26-16-23(13-7-6-8-14-23)19-9-11-20(28-4)12-10-19/h9-12H,5-8,13-16H2,1-4H3,(H2,24,25,26). The monoisotopic (exact) mass is 398 g/mol. The molecule has 2 N–H and O–H groups in total. The molecule has 0 spiro atoms. The van der Waals surface area contributed by atoms with Crippen LogP contribution in [0.15, 0.2) is 33.7 Å². The lowest BCUT2D eigenvalue weighted by Gasteiger charge is -2.38. The molecule has 0 aliphatic heterocycles. The number of guanidine groups is 1. The molecule has 0 saturated heterocycles. The minimum atomic E-state index is 0.122. The summed E-state index contributed by atoms with van der Waals surface area (Å²) in [5.74, 6) is 3.21. The molecular weight excluding hydrogens is 364 g/mol. The number of nitrogens with one attached hydrogen (secondary N) is 2. The fraction of sp³-hybridized carbons (Fsp3) is 0.565. The van der Waals surface area contributed by atoms with E-state index in [4.69, 9.17) is 14.1 Å². The number of ether oxygens (including phenoxy) is 1. The predicted molar refractivity (Wildman–Crippen MR) is 117 cm³/mol. The van der Waals surface area contributed by atoms with E-state index in [2.05, 4.69) is 46.8 Å². The second kappa shape index (κ2) is 9.81. The number of nitrogens with zero attached hydrogens (tertiary/aromatic N) is 2. The lowest BCUT2D eigenvalue weighted by molar-refractivity contribution is 0.291. The number of oxazole rings is 1. The zero-order valence-corrected chi connectivity index (χ0v) is 18.2. The van der Waals surface area contributed by atoms with E-state index in [9.17, 15) is 0 Å². The quantitative estimate of drug-likeness (QED) is 0.539. The summed E-state index contributed by atoms with van der Waals surface area (Å²) >= 11 is 0. The zero-order valence-electron chi connectivity index (χ0n) is 18.2. The van der Waals surface area contributed by atoms with E-state index < -0.39 is 0 Å². The molecule has 1 aromatic carbocycles. The van der Waals surface area contributed by atoms with Crippen LogP contribution in [-0.4, -0.2) is 31.1 Å². The molecule has 2 aromatic rings. The van der Waals surface area contributed by atoms with E-state index in [-0.39, 0.29) is 5.41 Å². The van der Waals surface area contributed by atoms with Crippen molar-refractivity contribution < 1.29 is 9.15 Å². The summed E-state index contributed by atoms with van der Waals surface area (Å²) in [6, 6.07) is 8.57. The zero-order chi connectivity index (χ0) is 20.7. The largest absolute Gasteiger partial charge is 0.497 e. The first-order valence-corrected chi connectivity index (χ1v) is 10.7. The maximum absolute atomic E-state index is 5.66. The Hall–Kier alpha value is -2.50. The molecule has 158 valence electrons. The van der Waals surface area contributed by atoms with Crippen LogP contribution in [0.25, 0.3) is 0 Å². The molecule has 29 heavy (non-hydrogen) atoms. The predicted octanol–water partition coefficient (Wildman–Crippen LogP) is 4.26. The van der Waals surface area contributed by atoms with Gasteiger partial charge in [-0.15, -0.1) is 0 Å². The van der Waals surface area contributed by atoms with E-state index in [0.717, 1.165) is 36.3 Å². The van der Waals surface area contributed by atoms with Crippen molar-refractivity contribution in [3.8, 4) is 5.75 Å². The molecule has 6 nitrogen and oxygen atoms in total. The number of methoxy groups -OCH3 is 1. The van der Waals surface area contributed by atoms with Crippen LogP contribution in [0.4, 0.5) is 0 Å². The van der Waals surface area contributed by atoms with Gasteiger partial charge in [-0.1, -0.05) is 31.4 Å². The van der Waals surface area contributed by atoms with Crippen molar-refractivity contribution in [3.63, 3.8) is 0 Å². The maximum Gasteiger partial charge on any atom is 0.216 e. The molecule has 1 aliphatic carbocycles. The summed E-state index contributed by atoms with van der Waals surface area (Å²) < 4.78 is 11.0. The summed E-state index contributed by atoms with van der Waals surface area (Å²) in [7, 11) is 1.71. The summed E-state index contributed by atoms with van der Waals surface area (Å²) in [4.78, 5) is 9.12. The molecule has 0 amide bonds. The van der Waals surface area contributed by atoms with Crippen LogP contribution >= 0.6 is 0 Å². The molecule has 1 fully saturated rings. The number of aromatic nitrogens is 1. The fourth-order valence-corrected chi connectivity index (χ4v) is 4.09. The van der Waals surface area contributed by atoms with E-state index >= 15 is 0 Å². The van der Waals surface area contributed by atoms with Gasteiger partial charge >= 0.3 is 0 Å². The third-order valence-electron chi connectivity index (χ3n) is 5.90. The van der Waals surface area contributed by atoms with Crippen molar-refractivity contribution in [1.82, 2.24) is 15.6 Å². The van der Waals surface area contributed by atoms with Gasteiger partial charge in [0, 0.05) is 18.5 Å². The molecule has 6 heteroatoms. The number of aliphatic imine (C=N–C) groups is 1. The summed E-state index contributed by atoms with van der Waals surface area (Å²) in [6.07, 6.45) is 6.20. The van der Waals surface area contributed by atoms with Crippen LogP contribution in [0.5, 0.6) is 5.75 Å². The van der Waals surface area contributed by atoms with Gasteiger partial charge in [0.15, 0.2) is 5.96 Å². The molecule has 1 heterocycles. The highest BCUT2D eigenvalue weighted by Crippen LogP contribution is 2.39. The van der Waals surface area contributed by atoms with Gasteiger partial charge in [0.1, 0.15) is 18.1 Å². The minimum absolute atomic E-state index is 0.122. The molecular formula is C23H34N4O2. The second-order valence-corrected chi connectivity index (χ2v) is 7.87. The Kier molecular flexibility index (Phi) is 7.18. The summed E-state index contributed by atoms with van der Waals surface area (Å²) in [6.45, 7) is 8.06. The van der Waals surface area contributed by atoms with Crippen LogP contribution in [0.1, 0.15) is 61.9 Å². The normalized spacial score (nSPS) is 16.5. The summed E-state index contributed by atoms with van der Waals surface area (Å²) in [5, 5.41) is 6.94. The van der Waals surface area contributed by atoms with Crippen molar-refractivity contribution in [3.05, 3.63) is 47.2 Å². The average Bonchev–Trinajstić information content (AvgIpc) is 3.08. The van der Waals surface area contributed by atoms with Gasteiger partial charge in [0.25, 0.3) is 0 Å². The van der Waals surface area contributed by atoms with E-state index in [1.807, 2.05) is 13.8 Å². The highest BCUT2D eigenvalue weighted by Gasteiger charge is 2.34. The summed E-state index contributed by atoms with van der Waals surface area (Å²) in [5.41, 5.74) is 2.42. The van der Waals surface area contributed by atoms with E-state index in [1.54, 1.807) is 7.11 Å². The van der Waals surface area contributed by atoms with Crippen LogP contribution in [0.3, 0.4) is 0 Å². The molecule has 0 radical (unpaired) electrons. The van der Waals surface area contributed by atoms with Gasteiger partial charge in [0.2, 0.25) is 5.89 Å². The maximum atomic E-state index is 5.66. The molecule has 3 rings (SSSR count). The molecule has 1 aromatic heterocycles. The Morgan fingerprint density at radius 2 is 1.86 bits per heavy atom. The molecule has 0 atom stereocenters. The van der Waals surface area contributed by atoms with Gasteiger partial charge in [0.05, 0.1) is 12.8 Å². The number of hydrogen-bond acceptors (Lipinski definition) is 4. The Morgan fingerprint density at radius 3 is 2.45 bits per heavy atom. The van der Waals surface area contributed by atoms with Gasteiger partial charge in [-0.2, -0.15) is 0 Å². The van der Waals surface area contributed by atoms with Gasteiger partial charge in [-0.05, 0) is 51.3 Å². The van der Waals surface area contributed by atoms with Crippen molar-refractivity contribution >= 4 is 5.96 Å². The third kappa shape index (κ3) is 5.31. The molecule has 0 unspecified atom stereocenters. The second-order valence-electron chi connectivity index (χ2n) is 7.87. The van der Waals surface area contributed by atoms with Crippen molar-refractivity contribution in [1.29, 1.82) is 0 Å². The lowest BCUT2D eigenvalue weighted by atomic mass is 9.69. The first-order valence-electron chi connectivity index (χ1n) is 10.7. The number of rotatable bonds is 7. The fourth-order valence-electron chi connectivity index (χ4n) is 4.09. The Labute approximate surface area is 174 Å². The van der Waals surface area contributed by atoms with Crippen LogP contribution < -0.4 is 15.4 Å². The Morgan fingerprint density at radius 1 is 1.14 bits per heavy atom. The smallest absolute Gasteiger partial charge is 0.216 e. The Bertz CT molecular complexity index is 785. The van der Waals surface area contributed by atoms with Crippen molar-refractivity contribution in [2.24, 2.45) is 4.99 Å².